The first-order valence-electron chi connectivity index (χ1n) is 5.94. The lowest BCUT2D eigenvalue weighted by Crippen LogP contribution is -2.17. The van der Waals surface area contributed by atoms with E-state index in [0.717, 1.165) is 24.4 Å². The number of carboxylic acid groups (broad SMARTS) is 1. The number of nitrogens with one attached hydrogen (secondary N) is 1. The molecule has 102 valence electrons. The monoisotopic (exact) mass is 264 g/mol. The smallest absolute Gasteiger partial charge is 0.371 e. The number of hydrogen-bond acceptors (Lipinski definition) is 5. The van der Waals surface area contributed by atoms with Crippen molar-refractivity contribution < 1.29 is 14.3 Å². The van der Waals surface area contributed by atoms with E-state index in [-0.39, 0.29) is 5.76 Å². The summed E-state index contributed by atoms with van der Waals surface area (Å²) >= 11 is 0. The van der Waals surface area contributed by atoms with Crippen LogP contribution in [-0.2, 0) is 20.0 Å². The standard InChI is InChI=1S/C12H16N4O3/c1-8-9(5-10(19-8)12(17)18)6-13-4-3-11-14-7-16(2)15-11/h5,7,13H,3-4,6H2,1-2H3,(H,17,18). The summed E-state index contributed by atoms with van der Waals surface area (Å²) in [6.07, 6.45) is 2.39. The van der Waals surface area contributed by atoms with Crippen molar-refractivity contribution in [1.82, 2.24) is 20.1 Å². The molecule has 2 aromatic heterocycles. The maximum absolute atomic E-state index is 10.8. The molecule has 0 aliphatic carbocycles. The van der Waals surface area contributed by atoms with Gasteiger partial charge in [-0.25, -0.2) is 9.78 Å². The van der Waals surface area contributed by atoms with Gasteiger partial charge < -0.3 is 14.8 Å². The summed E-state index contributed by atoms with van der Waals surface area (Å²) in [4.78, 5) is 14.9. The van der Waals surface area contributed by atoms with Gasteiger partial charge in [-0.15, -0.1) is 0 Å². The average molecular weight is 264 g/mol. The van der Waals surface area contributed by atoms with E-state index in [0.29, 0.717) is 12.3 Å². The number of carbonyl (C=O) groups is 1. The molecule has 2 aromatic rings. The number of hydrogen-bond donors (Lipinski definition) is 2. The Hall–Kier alpha value is -2.15. The first-order chi connectivity index (χ1) is 9.06. The third-order valence-corrected chi connectivity index (χ3v) is 2.72. The van der Waals surface area contributed by atoms with Crippen LogP contribution in [0.25, 0.3) is 0 Å². The quantitative estimate of drug-likeness (QED) is 0.748. The summed E-state index contributed by atoms with van der Waals surface area (Å²) in [5.74, 6) is 0.332. The summed E-state index contributed by atoms with van der Waals surface area (Å²) in [7, 11) is 1.83. The van der Waals surface area contributed by atoms with Crippen molar-refractivity contribution in [2.45, 2.75) is 19.9 Å². The van der Waals surface area contributed by atoms with Crippen molar-refractivity contribution in [1.29, 1.82) is 0 Å². The van der Waals surface area contributed by atoms with Crippen molar-refractivity contribution >= 4 is 5.97 Å². The third-order valence-electron chi connectivity index (χ3n) is 2.72. The molecule has 0 radical (unpaired) electrons. The molecule has 19 heavy (non-hydrogen) atoms. The van der Waals surface area contributed by atoms with Crippen molar-refractivity contribution in [3.8, 4) is 0 Å². The zero-order chi connectivity index (χ0) is 13.8. The molecule has 0 aliphatic heterocycles. The van der Waals surface area contributed by atoms with Crippen molar-refractivity contribution in [3.63, 3.8) is 0 Å². The van der Waals surface area contributed by atoms with Crippen LogP contribution in [0.5, 0.6) is 0 Å². The molecule has 0 saturated carbocycles. The molecule has 0 amide bonds. The van der Waals surface area contributed by atoms with Crippen LogP contribution in [0, 0.1) is 6.92 Å². The second-order valence-electron chi connectivity index (χ2n) is 4.26. The summed E-state index contributed by atoms with van der Waals surface area (Å²) in [5.41, 5.74) is 0.853. The molecular formula is C12H16N4O3. The van der Waals surface area contributed by atoms with Crippen LogP contribution in [0.4, 0.5) is 0 Å². The second-order valence-corrected chi connectivity index (χ2v) is 4.26. The average Bonchev–Trinajstić information content (AvgIpc) is 2.92. The fourth-order valence-corrected chi connectivity index (χ4v) is 1.72. The molecular weight excluding hydrogens is 248 g/mol. The number of aromatic carboxylic acids is 1. The highest BCUT2D eigenvalue weighted by atomic mass is 16.4. The van der Waals surface area contributed by atoms with Gasteiger partial charge in [-0.05, 0) is 13.0 Å². The van der Waals surface area contributed by atoms with Gasteiger partial charge in [0.1, 0.15) is 12.1 Å². The molecule has 7 heteroatoms. The molecule has 0 aromatic carbocycles. The highest BCUT2D eigenvalue weighted by Crippen LogP contribution is 2.14. The maximum Gasteiger partial charge on any atom is 0.371 e. The van der Waals surface area contributed by atoms with Gasteiger partial charge in [0.2, 0.25) is 5.76 Å². The fourth-order valence-electron chi connectivity index (χ4n) is 1.72. The lowest BCUT2D eigenvalue weighted by Gasteiger charge is -2.01. The van der Waals surface area contributed by atoms with Crippen LogP contribution in [0.2, 0.25) is 0 Å². The molecule has 2 rings (SSSR count). The zero-order valence-electron chi connectivity index (χ0n) is 10.9. The Morgan fingerprint density at radius 1 is 1.58 bits per heavy atom. The predicted molar refractivity (Wildman–Crippen MR) is 66.8 cm³/mol. The molecule has 0 aliphatic rings. The Morgan fingerprint density at radius 3 is 2.95 bits per heavy atom. The van der Waals surface area contributed by atoms with E-state index in [1.165, 1.54) is 0 Å². The molecule has 0 atom stereocenters. The molecule has 0 bridgehead atoms. The van der Waals surface area contributed by atoms with E-state index < -0.39 is 5.97 Å². The number of aromatic nitrogens is 3. The van der Waals surface area contributed by atoms with Crippen LogP contribution in [0.3, 0.4) is 0 Å². The predicted octanol–water partition coefficient (Wildman–Crippen LogP) is 0.747. The van der Waals surface area contributed by atoms with Crippen LogP contribution < -0.4 is 5.32 Å². The lowest BCUT2D eigenvalue weighted by molar-refractivity contribution is 0.0661. The zero-order valence-corrected chi connectivity index (χ0v) is 10.9. The van der Waals surface area contributed by atoms with Crippen LogP contribution in [-0.4, -0.2) is 32.4 Å². The molecule has 2 N–H and O–H groups in total. The summed E-state index contributed by atoms with van der Waals surface area (Å²) in [6, 6.07) is 1.55. The highest BCUT2D eigenvalue weighted by Gasteiger charge is 2.12. The van der Waals surface area contributed by atoms with Gasteiger partial charge >= 0.3 is 5.97 Å². The van der Waals surface area contributed by atoms with Gasteiger partial charge in [0.05, 0.1) is 0 Å². The summed E-state index contributed by atoms with van der Waals surface area (Å²) in [5, 5.41) is 16.2. The number of aryl methyl sites for hydroxylation is 2. The summed E-state index contributed by atoms with van der Waals surface area (Å²) in [6.45, 7) is 3.04. The minimum atomic E-state index is -1.05. The Bertz CT molecular complexity index is 573. The van der Waals surface area contributed by atoms with Gasteiger partial charge in [0.25, 0.3) is 0 Å². The Kier molecular flexibility index (Phi) is 3.96. The lowest BCUT2D eigenvalue weighted by atomic mass is 10.2. The molecule has 2 heterocycles. The number of carboxylic acids is 1. The first kappa shape index (κ1) is 13.3. The van der Waals surface area contributed by atoms with E-state index in [4.69, 9.17) is 9.52 Å². The largest absolute Gasteiger partial charge is 0.475 e. The molecule has 0 fully saturated rings. The van der Waals surface area contributed by atoms with Gasteiger partial charge in [-0.2, -0.15) is 5.10 Å². The van der Waals surface area contributed by atoms with Crippen LogP contribution in [0.1, 0.15) is 27.7 Å². The topological polar surface area (TPSA) is 93.2 Å². The van der Waals surface area contributed by atoms with Crippen molar-refractivity contribution in [3.05, 3.63) is 35.3 Å². The van der Waals surface area contributed by atoms with Gasteiger partial charge in [0.15, 0.2) is 5.82 Å². The van der Waals surface area contributed by atoms with Crippen molar-refractivity contribution in [2.75, 3.05) is 6.54 Å². The second kappa shape index (κ2) is 5.66. The number of rotatable bonds is 6. The van der Waals surface area contributed by atoms with E-state index in [1.807, 2.05) is 7.05 Å². The van der Waals surface area contributed by atoms with Gasteiger partial charge in [0, 0.05) is 32.1 Å². The van der Waals surface area contributed by atoms with Gasteiger partial charge in [-0.3, -0.25) is 4.68 Å². The Labute approximate surface area is 110 Å². The third kappa shape index (κ3) is 3.41. The molecule has 7 nitrogen and oxygen atoms in total. The molecule has 0 unspecified atom stereocenters. The van der Waals surface area contributed by atoms with E-state index in [2.05, 4.69) is 15.4 Å². The number of furan rings is 1. The maximum atomic E-state index is 10.8. The Balaban J connectivity index is 1.81. The normalized spacial score (nSPS) is 10.8. The first-order valence-corrected chi connectivity index (χ1v) is 5.94. The van der Waals surface area contributed by atoms with Gasteiger partial charge in [-0.1, -0.05) is 0 Å². The minimum Gasteiger partial charge on any atom is -0.475 e. The molecule has 0 spiro atoms. The van der Waals surface area contributed by atoms with Crippen LogP contribution >= 0.6 is 0 Å². The SMILES string of the molecule is Cc1oc(C(=O)O)cc1CNCCc1ncn(C)n1. The summed E-state index contributed by atoms with van der Waals surface area (Å²) < 4.78 is 6.79. The fraction of sp³-hybridized carbons (Fsp3) is 0.417. The Morgan fingerprint density at radius 2 is 2.37 bits per heavy atom. The van der Waals surface area contributed by atoms with E-state index >= 15 is 0 Å². The molecule has 0 saturated heterocycles. The van der Waals surface area contributed by atoms with Crippen LogP contribution in [0.15, 0.2) is 16.8 Å². The van der Waals surface area contributed by atoms with Crippen molar-refractivity contribution in [2.24, 2.45) is 7.05 Å². The van der Waals surface area contributed by atoms with E-state index in [9.17, 15) is 4.79 Å². The van der Waals surface area contributed by atoms with E-state index in [1.54, 1.807) is 24.0 Å². The highest BCUT2D eigenvalue weighted by molar-refractivity contribution is 5.84. The number of nitrogens with zero attached hydrogens (tertiary/aromatic N) is 3. The minimum absolute atomic E-state index is 0.0271.